The lowest BCUT2D eigenvalue weighted by molar-refractivity contribution is -0.119. The number of hydrogen-bond donors (Lipinski definition) is 1. The molecule has 8 heteroatoms. The summed E-state index contributed by atoms with van der Waals surface area (Å²) >= 11 is 0. The third-order valence-corrected chi connectivity index (χ3v) is 4.42. The van der Waals surface area contributed by atoms with Crippen molar-refractivity contribution in [2.75, 3.05) is 18.0 Å². The summed E-state index contributed by atoms with van der Waals surface area (Å²) in [4.78, 5) is 16.0. The predicted molar refractivity (Wildman–Crippen MR) is 94.0 cm³/mol. The first kappa shape index (κ1) is 19.0. The fourth-order valence-electron chi connectivity index (χ4n) is 3.09. The van der Waals surface area contributed by atoms with Gasteiger partial charge < -0.3 is 15.0 Å². The second kappa shape index (κ2) is 7.85. The molecule has 5 nitrogen and oxygen atoms in total. The molecule has 0 aliphatic carbocycles. The Morgan fingerprint density at radius 3 is 2.63 bits per heavy atom. The Hall–Kier alpha value is -2.77. The molecular weight excluding hydrogens is 359 g/mol. The normalized spacial score (nSPS) is 17.7. The van der Waals surface area contributed by atoms with E-state index in [-0.39, 0.29) is 23.9 Å². The summed E-state index contributed by atoms with van der Waals surface area (Å²) in [5.41, 5.74) is 0.943. The highest BCUT2D eigenvalue weighted by atomic mass is 19.2. The number of rotatable bonds is 5. The summed E-state index contributed by atoms with van der Waals surface area (Å²) in [7, 11) is 0. The number of carbonyl (C=O) groups is 1. The lowest BCUT2D eigenvalue weighted by Gasteiger charge is -2.19. The number of nitrogens with one attached hydrogen (secondary N) is 1. The van der Waals surface area contributed by atoms with Crippen molar-refractivity contribution in [3.05, 3.63) is 53.5 Å². The highest BCUT2D eigenvalue weighted by Crippen LogP contribution is 2.26. The Balaban J connectivity index is 1.62. The van der Waals surface area contributed by atoms with Crippen LogP contribution in [0, 0.1) is 17.6 Å². The van der Waals surface area contributed by atoms with Crippen molar-refractivity contribution >= 4 is 11.7 Å². The summed E-state index contributed by atoms with van der Waals surface area (Å²) in [5, 5.41) is 2.80. The molecule has 1 N–H and O–H groups in total. The zero-order valence-corrected chi connectivity index (χ0v) is 15.0. The monoisotopic (exact) mass is 379 g/mol. The average molecular weight is 379 g/mol. The molecule has 1 amide bonds. The second-order valence-electron chi connectivity index (χ2n) is 6.53. The summed E-state index contributed by atoms with van der Waals surface area (Å²) in [6, 6.07) is 7.71. The molecule has 1 fully saturated rings. The van der Waals surface area contributed by atoms with E-state index < -0.39 is 17.6 Å². The van der Waals surface area contributed by atoms with E-state index in [0.29, 0.717) is 31.3 Å². The number of pyridine rings is 1. The molecule has 2 atom stereocenters. The van der Waals surface area contributed by atoms with Gasteiger partial charge in [0.05, 0.1) is 12.6 Å². The molecular formula is C19H20F3N3O2. The molecule has 1 aromatic carbocycles. The zero-order valence-electron chi connectivity index (χ0n) is 15.0. The van der Waals surface area contributed by atoms with Crippen molar-refractivity contribution in [2.45, 2.75) is 32.4 Å². The van der Waals surface area contributed by atoms with Crippen molar-refractivity contribution < 1.29 is 22.7 Å². The highest BCUT2D eigenvalue weighted by Gasteiger charge is 2.28. The molecule has 27 heavy (non-hydrogen) atoms. The van der Waals surface area contributed by atoms with Gasteiger partial charge in [-0.15, -0.1) is 0 Å². The van der Waals surface area contributed by atoms with Crippen LogP contribution >= 0.6 is 0 Å². The largest absolute Gasteiger partial charge is 0.489 e. The number of nitrogens with zero attached hydrogens (tertiary/aromatic N) is 2. The van der Waals surface area contributed by atoms with Gasteiger partial charge in [-0.3, -0.25) is 4.79 Å². The van der Waals surface area contributed by atoms with Gasteiger partial charge in [-0.1, -0.05) is 12.1 Å². The molecule has 0 spiro atoms. The smallest absolute Gasteiger partial charge is 0.251 e. The van der Waals surface area contributed by atoms with Crippen molar-refractivity contribution in [1.29, 1.82) is 0 Å². The van der Waals surface area contributed by atoms with Gasteiger partial charge in [0.2, 0.25) is 5.91 Å². The molecule has 3 rings (SSSR count). The summed E-state index contributed by atoms with van der Waals surface area (Å²) in [5.74, 6) is -3.20. The van der Waals surface area contributed by atoms with E-state index >= 15 is 0 Å². The standard InChI is InChI=1S/C19H20F3N3O2/c1-11(23-12(2)26)13-3-5-14(6-4-13)27-15-7-8-25(10-15)19-17(21)9-16(20)18(22)24-19/h3-6,9,11,15H,7-8,10H2,1-2H3,(H,23,26)/t11-,15+/m0/s1. The first-order valence-electron chi connectivity index (χ1n) is 8.63. The van der Waals surface area contributed by atoms with Crippen molar-refractivity contribution in [3.63, 3.8) is 0 Å². The van der Waals surface area contributed by atoms with Crippen molar-refractivity contribution in [2.24, 2.45) is 0 Å². The fraction of sp³-hybridized carbons (Fsp3) is 0.368. The minimum Gasteiger partial charge on any atom is -0.489 e. The lowest BCUT2D eigenvalue weighted by atomic mass is 10.1. The first-order valence-corrected chi connectivity index (χ1v) is 8.63. The maximum Gasteiger partial charge on any atom is 0.251 e. The van der Waals surface area contributed by atoms with Gasteiger partial charge in [0.1, 0.15) is 11.9 Å². The molecule has 2 heterocycles. The van der Waals surface area contributed by atoms with Crippen LogP contribution in [0.4, 0.5) is 19.0 Å². The van der Waals surface area contributed by atoms with E-state index in [2.05, 4.69) is 10.3 Å². The number of benzene rings is 1. The molecule has 1 saturated heterocycles. The Bertz CT molecular complexity index is 830. The van der Waals surface area contributed by atoms with E-state index in [4.69, 9.17) is 4.74 Å². The SMILES string of the molecule is CC(=O)N[C@@H](C)c1ccc(O[C@@H]2CCN(c3nc(F)c(F)cc3F)C2)cc1. The Morgan fingerprint density at radius 2 is 1.96 bits per heavy atom. The second-order valence-corrected chi connectivity index (χ2v) is 6.53. The number of halogens is 3. The topological polar surface area (TPSA) is 54.5 Å². The number of hydrogen-bond acceptors (Lipinski definition) is 4. The molecule has 144 valence electrons. The maximum atomic E-state index is 13.9. The van der Waals surface area contributed by atoms with E-state index in [1.54, 1.807) is 12.1 Å². The molecule has 0 bridgehead atoms. The summed E-state index contributed by atoms with van der Waals surface area (Å²) < 4.78 is 46.1. The Morgan fingerprint density at radius 1 is 1.26 bits per heavy atom. The predicted octanol–water partition coefficient (Wildman–Crippen LogP) is 3.35. The van der Waals surface area contributed by atoms with E-state index in [0.717, 1.165) is 5.56 Å². The average Bonchev–Trinajstić information content (AvgIpc) is 3.06. The van der Waals surface area contributed by atoms with Crippen LogP contribution in [0.2, 0.25) is 0 Å². The van der Waals surface area contributed by atoms with Gasteiger partial charge in [-0.2, -0.15) is 9.37 Å². The van der Waals surface area contributed by atoms with Gasteiger partial charge in [-0.25, -0.2) is 8.78 Å². The van der Waals surface area contributed by atoms with Crippen molar-refractivity contribution in [1.82, 2.24) is 10.3 Å². The number of anilines is 1. The van der Waals surface area contributed by atoms with E-state index in [1.165, 1.54) is 11.8 Å². The quantitative estimate of drug-likeness (QED) is 0.810. The summed E-state index contributed by atoms with van der Waals surface area (Å²) in [6.07, 6.45) is 0.377. The molecule has 0 radical (unpaired) electrons. The van der Waals surface area contributed by atoms with Crippen LogP contribution in [-0.4, -0.2) is 30.1 Å². The van der Waals surface area contributed by atoms with Crippen LogP contribution in [0.15, 0.2) is 30.3 Å². The molecule has 1 aliphatic rings. The van der Waals surface area contributed by atoms with Crippen LogP contribution in [0.3, 0.4) is 0 Å². The minimum absolute atomic E-state index is 0.105. The summed E-state index contributed by atoms with van der Waals surface area (Å²) in [6.45, 7) is 4.09. The van der Waals surface area contributed by atoms with Crippen LogP contribution in [-0.2, 0) is 4.79 Å². The molecule has 1 aromatic heterocycles. The number of amides is 1. The van der Waals surface area contributed by atoms with Gasteiger partial charge in [0, 0.05) is 26.0 Å². The lowest BCUT2D eigenvalue weighted by Crippen LogP contribution is -2.26. The number of ether oxygens (including phenoxy) is 1. The van der Waals surface area contributed by atoms with Crippen molar-refractivity contribution in [3.8, 4) is 5.75 Å². The van der Waals surface area contributed by atoms with Crippen LogP contribution in [0.1, 0.15) is 31.9 Å². The molecule has 2 aromatic rings. The molecule has 0 unspecified atom stereocenters. The number of carbonyl (C=O) groups excluding carboxylic acids is 1. The van der Waals surface area contributed by atoms with Gasteiger partial charge in [-0.05, 0) is 24.6 Å². The zero-order chi connectivity index (χ0) is 19.6. The van der Waals surface area contributed by atoms with Crippen LogP contribution in [0.25, 0.3) is 0 Å². The Kier molecular flexibility index (Phi) is 5.53. The van der Waals surface area contributed by atoms with E-state index in [1.807, 2.05) is 19.1 Å². The van der Waals surface area contributed by atoms with Gasteiger partial charge in [0.25, 0.3) is 5.95 Å². The van der Waals surface area contributed by atoms with Gasteiger partial charge in [0.15, 0.2) is 17.5 Å². The third kappa shape index (κ3) is 4.50. The van der Waals surface area contributed by atoms with E-state index in [9.17, 15) is 18.0 Å². The van der Waals surface area contributed by atoms with Gasteiger partial charge >= 0.3 is 0 Å². The fourth-order valence-corrected chi connectivity index (χ4v) is 3.09. The van der Waals surface area contributed by atoms with Crippen LogP contribution in [0.5, 0.6) is 5.75 Å². The Labute approximate surface area is 155 Å². The molecule has 0 saturated carbocycles. The maximum absolute atomic E-state index is 13.9. The number of aromatic nitrogens is 1. The highest BCUT2D eigenvalue weighted by molar-refractivity contribution is 5.73. The first-order chi connectivity index (χ1) is 12.8. The molecule has 1 aliphatic heterocycles. The third-order valence-electron chi connectivity index (χ3n) is 4.42. The minimum atomic E-state index is -1.32. The van der Waals surface area contributed by atoms with Crippen LogP contribution < -0.4 is 15.0 Å².